The lowest BCUT2D eigenvalue weighted by molar-refractivity contribution is -0.118. The van der Waals surface area contributed by atoms with Crippen LogP contribution in [0.1, 0.15) is 45.4 Å². The molecule has 1 N–H and O–H groups in total. The zero-order chi connectivity index (χ0) is 12.5. The maximum atomic E-state index is 12.1. The van der Waals surface area contributed by atoms with Crippen molar-refractivity contribution in [1.29, 1.82) is 0 Å². The van der Waals surface area contributed by atoms with Crippen molar-refractivity contribution in [3.8, 4) is 0 Å². The Morgan fingerprint density at radius 1 is 1.33 bits per heavy atom. The largest absolute Gasteiger partial charge is 0.498 e. The Bertz CT molecular complexity index is 355. The van der Waals surface area contributed by atoms with E-state index in [1.54, 1.807) is 0 Å². The molecule has 0 aromatic heterocycles. The number of ether oxygens (including phenoxy) is 1. The van der Waals surface area contributed by atoms with Crippen molar-refractivity contribution in [2.24, 2.45) is 17.8 Å². The van der Waals surface area contributed by atoms with Crippen LogP contribution in [-0.2, 0) is 9.53 Å². The molecule has 1 aliphatic heterocycles. The van der Waals surface area contributed by atoms with E-state index in [-0.39, 0.29) is 5.91 Å². The molecule has 2 fully saturated rings. The molecule has 1 heterocycles. The second-order valence-corrected chi connectivity index (χ2v) is 6.04. The van der Waals surface area contributed by atoms with Crippen LogP contribution in [-0.4, -0.2) is 19.1 Å². The SMILES string of the molecule is CC1=C(C(=O)NCC(C2CC2)C2CC2)CCCO1. The molecular weight excluding hydrogens is 226 g/mol. The molecule has 0 unspecified atom stereocenters. The minimum absolute atomic E-state index is 0.110. The zero-order valence-corrected chi connectivity index (χ0v) is 11.2. The van der Waals surface area contributed by atoms with Crippen LogP contribution in [0, 0.1) is 17.8 Å². The smallest absolute Gasteiger partial charge is 0.250 e. The van der Waals surface area contributed by atoms with Gasteiger partial charge < -0.3 is 10.1 Å². The van der Waals surface area contributed by atoms with E-state index in [4.69, 9.17) is 4.74 Å². The number of hydrogen-bond donors (Lipinski definition) is 1. The summed E-state index contributed by atoms with van der Waals surface area (Å²) in [6, 6.07) is 0. The van der Waals surface area contributed by atoms with E-state index in [2.05, 4.69) is 5.32 Å². The van der Waals surface area contributed by atoms with Crippen LogP contribution >= 0.6 is 0 Å². The van der Waals surface area contributed by atoms with Crippen LogP contribution in [0.25, 0.3) is 0 Å². The molecule has 0 aromatic carbocycles. The van der Waals surface area contributed by atoms with E-state index >= 15 is 0 Å². The van der Waals surface area contributed by atoms with Gasteiger partial charge in [0.1, 0.15) is 5.76 Å². The van der Waals surface area contributed by atoms with Gasteiger partial charge in [-0.15, -0.1) is 0 Å². The van der Waals surface area contributed by atoms with E-state index in [1.165, 1.54) is 25.7 Å². The van der Waals surface area contributed by atoms with Crippen molar-refractivity contribution in [2.45, 2.75) is 45.4 Å². The van der Waals surface area contributed by atoms with Gasteiger partial charge in [-0.05, 0) is 63.2 Å². The van der Waals surface area contributed by atoms with Crippen molar-refractivity contribution >= 4 is 5.91 Å². The minimum atomic E-state index is 0.110. The van der Waals surface area contributed by atoms with Gasteiger partial charge in [0.05, 0.1) is 12.2 Å². The Labute approximate surface area is 109 Å². The van der Waals surface area contributed by atoms with Gasteiger partial charge in [-0.25, -0.2) is 0 Å². The summed E-state index contributed by atoms with van der Waals surface area (Å²) >= 11 is 0. The number of nitrogens with one attached hydrogen (secondary N) is 1. The highest BCUT2D eigenvalue weighted by molar-refractivity contribution is 5.93. The predicted octanol–water partition coefficient (Wildman–Crippen LogP) is 2.62. The molecule has 2 aliphatic carbocycles. The van der Waals surface area contributed by atoms with Gasteiger partial charge in [0.25, 0.3) is 5.91 Å². The first-order valence-electron chi connectivity index (χ1n) is 7.36. The van der Waals surface area contributed by atoms with Crippen LogP contribution in [0.2, 0.25) is 0 Å². The van der Waals surface area contributed by atoms with Gasteiger partial charge in [-0.2, -0.15) is 0 Å². The second kappa shape index (κ2) is 4.94. The standard InChI is InChI=1S/C15H23NO2/c1-10-13(3-2-8-18-10)15(17)16-9-14(11-4-5-11)12-6-7-12/h11-12,14H,2-9H2,1H3,(H,16,17). The molecule has 100 valence electrons. The van der Waals surface area contributed by atoms with Crippen LogP contribution in [0.3, 0.4) is 0 Å². The minimum Gasteiger partial charge on any atom is -0.498 e. The molecule has 0 saturated heterocycles. The topological polar surface area (TPSA) is 38.3 Å². The lowest BCUT2D eigenvalue weighted by Crippen LogP contribution is -2.33. The van der Waals surface area contributed by atoms with Gasteiger partial charge in [-0.3, -0.25) is 4.79 Å². The summed E-state index contributed by atoms with van der Waals surface area (Å²) in [6.45, 7) is 3.55. The van der Waals surface area contributed by atoms with Gasteiger partial charge in [-0.1, -0.05) is 0 Å². The highest BCUT2D eigenvalue weighted by Gasteiger charge is 2.41. The highest BCUT2D eigenvalue weighted by atomic mass is 16.5. The van der Waals surface area contributed by atoms with E-state index in [1.807, 2.05) is 6.92 Å². The monoisotopic (exact) mass is 249 g/mol. The van der Waals surface area contributed by atoms with Crippen LogP contribution in [0.15, 0.2) is 11.3 Å². The molecule has 0 aromatic rings. The van der Waals surface area contributed by atoms with E-state index in [9.17, 15) is 4.79 Å². The fraction of sp³-hybridized carbons (Fsp3) is 0.800. The fourth-order valence-electron chi connectivity index (χ4n) is 3.09. The molecule has 2 saturated carbocycles. The van der Waals surface area contributed by atoms with Gasteiger partial charge in [0.15, 0.2) is 0 Å². The van der Waals surface area contributed by atoms with Gasteiger partial charge in [0, 0.05) is 6.54 Å². The average molecular weight is 249 g/mol. The number of amides is 1. The van der Waals surface area contributed by atoms with Crippen LogP contribution < -0.4 is 5.32 Å². The first-order valence-corrected chi connectivity index (χ1v) is 7.36. The molecule has 0 atom stereocenters. The average Bonchev–Trinajstić information content (AvgIpc) is 3.24. The summed E-state index contributed by atoms with van der Waals surface area (Å²) in [5.41, 5.74) is 0.867. The second-order valence-electron chi connectivity index (χ2n) is 6.04. The Balaban J connectivity index is 1.54. The Kier molecular flexibility index (Phi) is 3.31. The molecular formula is C15H23NO2. The molecule has 3 heteroatoms. The number of rotatable bonds is 5. The molecule has 3 aliphatic rings. The zero-order valence-electron chi connectivity index (χ0n) is 11.2. The summed E-state index contributed by atoms with van der Waals surface area (Å²) in [4.78, 5) is 12.1. The number of allylic oxidation sites excluding steroid dienone is 1. The summed E-state index contributed by atoms with van der Waals surface area (Å²) in [5.74, 6) is 3.48. The van der Waals surface area contributed by atoms with Crippen LogP contribution in [0.5, 0.6) is 0 Å². The van der Waals surface area contributed by atoms with Crippen molar-refractivity contribution < 1.29 is 9.53 Å². The molecule has 0 radical (unpaired) electrons. The molecule has 18 heavy (non-hydrogen) atoms. The lowest BCUT2D eigenvalue weighted by Gasteiger charge is -2.20. The Morgan fingerprint density at radius 2 is 2.00 bits per heavy atom. The molecule has 3 nitrogen and oxygen atoms in total. The van der Waals surface area contributed by atoms with Crippen molar-refractivity contribution in [1.82, 2.24) is 5.32 Å². The fourth-order valence-corrected chi connectivity index (χ4v) is 3.09. The van der Waals surface area contributed by atoms with Crippen LogP contribution in [0.4, 0.5) is 0 Å². The molecule has 1 amide bonds. The lowest BCUT2D eigenvalue weighted by atomic mass is 9.97. The Morgan fingerprint density at radius 3 is 2.56 bits per heavy atom. The molecule has 0 spiro atoms. The molecule has 0 bridgehead atoms. The summed E-state index contributed by atoms with van der Waals surface area (Å²) in [6.07, 6.45) is 7.34. The third-order valence-corrected chi connectivity index (χ3v) is 4.54. The summed E-state index contributed by atoms with van der Waals surface area (Å²) < 4.78 is 5.46. The maximum absolute atomic E-state index is 12.1. The number of carbonyl (C=O) groups is 1. The summed E-state index contributed by atoms with van der Waals surface area (Å²) in [5, 5.41) is 3.15. The van der Waals surface area contributed by atoms with Crippen molar-refractivity contribution in [2.75, 3.05) is 13.2 Å². The summed E-state index contributed by atoms with van der Waals surface area (Å²) in [7, 11) is 0. The third-order valence-electron chi connectivity index (χ3n) is 4.54. The predicted molar refractivity (Wildman–Crippen MR) is 69.8 cm³/mol. The van der Waals surface area contributed by atoms with Crippen molar-refractivity contribution in [3.63, 3.8) is 0 Å². The quantitative estimate of drug-likeness (QED) is 0.813. The first-order chi connectivity index (χ1) is 8.75. The number of carbonyl (C=O) groups excluding carboxylic acids is 1. The third kappa shape index (κ3) is 2.70. The molecule has 3 rings (SSSR count). The highest BCUT2D eigenvalue weighted by Crippen LogP contribution is 2.48. The van der Waals surface area contributed by atoms with Gasteiger partial charge in [0.2, 0.25) is 0 Å². The number of hydrogen-bond acceptors (Lipinski definition) is 2. The van der Waals surface area contributed by atoms with E-state index in [0.29, 0.717) is 0 Å². The normalized spacial score (nSPS) is 24.1. The first kappa shape index (κ1) is 12.1. The Hall–Kier alpha value is -0.990. The van der Waals surface area contributed by atoms with E-state index < -0.39 is 0 Å². The van der Waals surface area contributed by atoms with Crippen molar-refractivity contribution in [3.05, 3.63) is 11.3 Å². The maximum Gasteiger partial charge on any atom is 0.250 e. The van der Waals surface area contributed by atoms with E-state index in [0.717, 1.165) is 55.1 Å². The van der Waals surface area contributed by atoms with Gasteiger partial charge >= 0.3 is 0 Å².